The standard InChI is InChI=1S/C20H22N6O2/c1-3-25(4-2)20(28)16-6-5-7-17(13-16)22-19(27)12-15-8-10-18(11-9-15)26-14-21-23-24-26/h5-11,13-14H,3-4,12H2,1-2H3,(H,22,27). The summed E-state index contributed by atoms with van der Waals surface area (Å²) in [4.78, 5) is 26.6. The normalized spacial score (nSPS) is 10.5. The molecular weight excluding hydrogens is 356 g/mol. The molecule has 144 valence electrons. The van der Waals surface area contributed by atoms with Crippen LogP contribution >= 0.6 is 0 Å². The Kier molecular flexibility index (Phi) is 6.11. The first kappa shape index (κ1) is 19.2. The molecule has 1 heterocycles. The summed E-state index contributed by atoms with van der Waals surface area (Å²) in [5, 5.41) is 13.9. The zero-order chi connectivity index (χ0) is 19.9. The van der Waals surface area contributed by atoms with Crippen LogP contribution in [-0.2, 0) is 11.2 Å². The van der Waals surface area contributed by atoms with Gasteiger partial charge in [0.2, 0.25) is 5.91 Å². The van der Waals surface area contributed by atoms with Crippen molar-refractivity contribution in [1.29, 1.82) is 0 Å². The predicted molar refractivity (Wildman–Crippen MR) is 105 cm³/mol. The van der Waals surface area contributed by atoms with Crippen molar-refractivity contribution >= 4 is 17.5 Å². The van der Waals surface area contributed by atoms with E-state index in [-0.39, 0.29) is 18.2 Å². The highest BCUT2D eigenvalue weighted by Gasteiger charge is 2.13. The molecule has 3 rings (SSSR count). The number of anilines is 1. The maximum Gasteiger partial charge on any atom is 0.253 e. The van der Waals surface area contributed by atoms with E-state index in [1.54, 1.807) is 33.8 Å². The van der Waals surface area contributed by atoms with Crippen LogP contribution in [0.5, 0.6) is 0 Å². The van der Waals surface area contributed by atoms with E-state index < -0.39 is 0 Å². The first-order chi connectivity index (χ1) is 13.6. The number of amides is 2. The van der Waals surface area contributed by atoms with Gasteiger partial charge in [-0.3, -0.25) is 9.59 Å². The Hall–Kier alpha value is -3.55. The molecule has 0 fully saturated rings. The highest BCUT2D eigenvalue weighted by atomic mass is 16.2. The number of tetrazole rings is 1. The average molecular weight is 378 g/mol. The van der Waals surface area contributed by atoms with Gasteiger partial charge in [-0.05, 0) is 60.2 Å². The fourth-order valence-electron chi connectivity index (χ4n) is 2.86. The summed E-state index contributed by atoms with van der Waals surface area (Å²) >= 11 is 0. The van der Waals surface area contributed by atoms with E-state index >= 15 is 0 Å². The van der Waals surface area contributed by atoms with E-state index in [1.807, 2.05) is 38.1 Å². The van der Waals surface area contributed by atoms with Gasteiger partial charge in [0.05, 0.1) is 12.1 Å². The fourth-order valence-corrected chi connectivity index (χ4v) is 2.86. The second-order valence-electron chi connectivity index (χ2n) is 6.20. The molecule has 0 saturated carbocycles. The topological polar surface area (TPSA) is 93.0 Å². The molecule has 2 aromatic carbocycles. The van der Waals surface area contributed by atoms with Gasteiger partial charge in [-0.2, -0.15) is 0 Å². The van der Waals surface area contributed by atoms with Crippen LogP contribution in [0.1, 0.15) is 29.8 Å². The third-order valence-electron chi connectivity index (χ3n) is 4.36. The summed E-state index contributed by atoms with van der Waals surface area (Å²) in [5.41, 5.74) is 2.85. The van der Waals surface area contributed by atoms with Crippen LogP contribution in [0.3, 0.4) is 0 Å². The third-order valence-corrected chi connectivity index (χ3v) is 4.36. The Balaban J connectivity index is 1.63. The number of nitrogens with one attached hydrogen (secondary N) is 1. The maximum atomic E-state index is 12.5. The van der Waals surface area contributed by atoms with E-state index in [2.05, 4.69) is 20.8 Å². The number of hydrogen-bond donors (Lipinski definition) is 1. The number of aromatic nitrogens is 4. The van der Waals surface area contributed by atoms with E-state index in [1.165, 1.54) is 6.33 Å². The van der Waals surface area contributed by atoms with Crippen molar-refractivity contribution in [3.63, 3.8) is 0 Å². The zero-order valence-corrected chi connectivity index (χ0v) is 15.9. The van der Waals surface area contributed by atoms with Gasteiger partial charge in [0, 0.05) is 24.3 Å². The maximum absolute atomic E-state index is 12.5. The molecule has 0 radical (unpaired) electrons. The van der Waals surface area contributed by atoms with Gasteiger partial charge in [-0.25, -0.2) is 4.68 Å². The van der Waals surface area contributed by atoms with Crippen molar-refractivity contribution in [1.82, 2.24) is 25.1 Å². The second-order valence-corrected chi connectivity index (χ2v) is 6.20. The summed E-state index contributed by atoms with van der Waals surface area (Å²) in [5.74, 6) is -0.193. The van der Waals surface area contributed by atoms with Crippen LogP contribution in [0.2, 0.25) is 0 Å². The summed E-state index contributed by atoms with van der Waals surface area (Å²) in [6, 6.07) is 14.4. The van der Waals surface area contributed by atoms with Crippen LogP contribution in [0.25, 0.3) is 5.69 Å². The van der Waals surface area contributed by atoms with E-state index in [9.17, 15) is 9.59 Å². The SMILES string of the molecule is CCN(CC)C(=O)c1cccc(NC(=O)Cc2ccc(-n3cnnn3)cc2)c1. The lowest BCUT2D eigenvalue weighted by Crippen LogP contribution is -2.30. The number of hydrogen-bond acceptors (Lipinski definition) is 5. The molecule has 0 spiro atoms. The van der Waals surface area contributed by atoms with Gasteiger partial charge in [-0.15, -0.1) is 5.10 Å². The number of nitrogens with zero attached hydrogens (tertiary/aromatic N) is 5. The third kappa shape index (κ3) is 4.59. The second kappa shape index (κ2) is 8.90. The van der Waals surface area contributed by atoms with Gasteiger partial charge >= 0.3 is 0 Å². The minimum atomic E-state index is -0.150. The van der Waals surface area contributed by atoms with Crippen LogP contribution < -0.4 is 5.32 Å². The Morgan fingerprint density at radius 2 is 1.82 bits per heavy atom. The van der Waals surface area contributed by atoms with E-state index in [4.69, 9.17) is 0 Å². The summed E-state index contributed by atoms with van der Waals surface area (Å²) in [6.45, 7) is 5.18. The van der Waals surface area contributed by atoms with E-state index in [0.29, 0.717) is 24.3 Å². The monoisotopic (exact) mass is 378 g/mol. The summed E-state index contributed by atoms with van der Waals surface area (Å²) < 4.78 is 1.54. The van der Waals surface area contributed by atoms with Gasteiger partial charge in [0.1, 0.15) is 6.33 Å². The van der Waals surface area contributed by atoms with Gasteiger partial charge in [0.25, 0.3) is 5.91 Å². The van der Waals surface area contributed by atoms with Gasteiger partial charge < -0.3 is 10.2 Å². The van der Waals surface area contributed by atoms with Crippen LogP contribution in [0.15, 0.2) is 54.9 Å². The lowest BCUT2D eigenvalue weighted by molar-refractivity contribution is -0.115. The molecule has 0 unspecified atom stereocenters. The summed E-state index contributed by atoms with van der Waals surface area (Å²) in [7, 11) is 0. The van der Waals surface area contributed by atoms with Crippen molar-refractivity contribution in [2.24, 2.45) is 0 Å². The Bertz CT molecular complexity index is 934. The van der Waals surface area contributed by atoms with Crippen molar-refractivity contribution in [2.45, 2.75) is 20.3 Å². The molecule has 0 bridgehead atoms. The number of rotatable bonds is 7. The number of carbonyl (C=O) groups is 2. The van der Waals surface area contributed by atoms with Crippen molar-refractivity contribution in [2.75, 3.05) is 18.4 Å². The molecule has 0 saturated heterocycles. The minimum Gasteiger partial charge on any atom is -0.339 e. The quantitative estimate of drug-likeness (QED) is 0.681. The minimum absolute atomic E-state index is 0.0423. The number of carbonyl (C=O) groups excluding carboxylic acids is 2. The fraction of sp³-hybridized carbons (Fsp3) is 0.250. The molecule has 3 aromatic rings. The van der Waals surface area contributed by atoms with Gasteiger partial charge in [0.15, 0.2) is 0 Å². The molecule has 2 amide bonds. The first-order valence-corrected chi connectivity index (χ1v) is 9.12. The molecule has 8 nitrogen and oxygen atoms in total. The average Bonchev–Trinajstić information content (AvgIpc) is 3.24. The Morgan fingerprint density at radius 3 is 2.46 bits per heavy atom. The highest BCUT2D eigenvalue weighted by molar-refractivity contribution is 5.97. The van der Waals surface area contributed by atoms with E-state index in [0.717, 1.165) is 11.3 Å². The van der Waals surface area contributed by atoms with Crippen molar-refractivity contribution < 1.29 is 9.59 Å². The van der Waals surface area contributed by atoms with Crippen LogP contribution in [0, 0.1) is 0 Å². The van der Waals surface area contributed by atoms with Gasteiger partial charge in [-0.1, -0.05) is 18.2 Å². The molecule has 1 aromatic heterocycles. The first-order valence-electron chi connectivity index (χ1n) is 9.12. The Morgan fingerprint density at radius 1 is 1.07 bits per heavy atom. The lowest BCUT2D eigenvalue weighted by atomic mass is 10.1. The van der Waals surface area contributed by atoms with Crippen molar-refractivity contribution in [3.8, 4) is 5.69 Å². The summed E-state index contributed by atoms with van der Waals surface area (Å²) in [6.07, 6.45) is 1.73. The molecule has 0 aliphatic rings. The molecule has 0 aliphatic carbocycles. The molecule has 8 heteroatoms. The lowest BCUT2D eigenvalue weighted by Gasteiger charge is -2.19. The van der Waals surface area contributed by atoms with Crippen molar-refractivity contribution in [3.05, 3.63) is 66.0 Å². The molecular formula is C20H22N6O2. The molecule has 0 aliphatic heterocycles. The largest absolute Gasteiger partial charge is 0.339 e. The predicted octanol–water partition coefficient (Wildman–Crippen LogP) is 2.33. The smallest absolute Gasteiger partial charge is 0.253 e. The molecule has 28 heavy (non-hydrogen) atoms. The van der Waals surface area contributed by atoms with Crippen LogP contribution in [-0.4, -0.2) is 50.0 Å². The zero-order valence-electron chi connectivity index (χ0n) is 15.9. The molecule has 0 atom stereocenters. The Labute approximate surface area is 163 Å². The highest BCUT2D eigenvalue weighted by Crippen LogP contribution is 2.14. The number of benzene rings is 2. The molecule has 1 N–H and O–H groups in total. The van der Waals surface area contributed by atoms with Crippen LogP contribution in [0.4, 0.5) is 5.69 Å².